The Morgan fingerprint density at radius 1 is 0.491 bits per heavy atom. The number of carbonyl (C=O) groups excluding carboxylic acids is 8. The molecule has 0 N–H and O–H groups in total. The van der Waals surface area contributed by atoms with Crippen LogP contribution in [-0.4, -0.2) is 109 Å². The lowest BCUT2D eigenvalue weighted by molar-refractivity contribution is -0.269. The molecule has 57 heavy (non-hydrogen) atoms. The third kappa shape index (κ3) is 26.1. The molecule has 0 aromatic heterocycles. The molecule has 1 atom stereocenters. The number of methoxy groups -OCH3 is 1. The minimum absolute atomic E-state index is 0.205. The number of ketones is 4. The quantitative estimate of drug-likeness (QED) is 0.0829. The largest absolute Gasteiger partial charge is 0.469 e. The Balaban J connectivity index is -0.000000329. The lowest BCUT2D eigenvalue weighted by Gasteiger charge is -2.19. The molecule has 0 aliphatic carbocycles. The van der Waals surface area contributed by atoms with Crippen LogP contribution in [0, 0.1) is 0 Å². The summed E-state index contributed by atoms with van der Waals surface area (Å²) in [5.41, 5.74) is -0.886. The molecule has 0 radical (unpaired) electrons. The molecule has 0 fully saturated rings. The molecule has 28 heteroatoms. The number of ether oxygens (including phenoxy) is 4. The number of rotatable bonds is 13. The summed E-state index contributed by atoms with van der Waals surface area (Å²) in [6, 6.07) is 0. The van der Waals surface area contributed by atoms with Gasteiger partial charge < -0.3 is 18.9 Å². The van der Waals surface area contributed by atoms with Crippen LogP contribution in [0.3, 0.4) is 0 Å². The zero-order valence-corrected chi connectivity index (χ0v) is 30.3. The van der Waals surface area contributed by atoms with E-state index in [0.717, 1.165) is 7.11 Å². The Morgan fingerprint density at radius 3 is 1.07 bits per heavy atom. The van der Waals surface area contributed by atoms with Crippen LogP contribution in [0.25, 0.3) is 0 Å². The highest BCUT2D eigenvalue weighted by Crippen LogP contribution is 2.37. The van der Waals surface area contributed by atoms with Gasteiger partial charge >= 0.3 is 60.4 Å². The summed E-state index contributed by atoms with van der Waals surface area (Å²) in [6.07, 6.45) is -27.6. The summed E-state index contributed by atoms with van der Waals surface area (Å²) in [5, 5.41) is 0. The van der Waals surface area contributed by atoms with Gasteiger partial charge in [-0.3, -0.25) is 38.4 Å². The highest BCUT2D eigenvalue weighted by Gasteiger charge is 2.64. The van der Waals surface area contributed by atoms with E-state index in [-0.39, 0.29) is 6.61 Å². The molecule has 0 aromatic rings. The van der Waals surface area contributed by atoms with Crippen LogP contribution in [0.5, 0.6) is 0 Å². The molecule has 0 rings (SSSR count). The van der Waals surface area contributed by atoms with E-state index in [4.69, 9.17) is 0 Å². The van der Waals surface area contributed by atoms with Gasteiger partial charge in [0.05, 0.1) is 19.8 Å². The maximum atomic E-state index is 12.2. The monoisotopic (exact) mass is 878 g/mol. The van der Waals surface area contributed by atoms with Gasteiger partial charge in [-0.05, 0) is 41.0 Å². The van der Waals surface area contributed by atoms with Crippen molar-refractivity contribution in [2.24, 2.45) is 0 Å². The minimum atomic E-state index is -5.99. The van der Waals surface area contributed by atoms with E-state index in [1.165, 1.54) is 34.6 Å². The maximum Gasteiger partial charge on any atom is 0.461 e. The van der Waals surface area contributed by atoms with E-state index in [1.54, 1.807) is 6.92 Å². The second-order valence-electron chi connectivity index (χ2n) is 11.2. The molecule has 0 heterocycles. The van der Waals surface area contributed by atoms with Crippen molar-refractivity contribution < 1.29 is 128 Å². The van der Waals surface area contributed by atoms with Gasteiger partial charge in [0.25, 0.3) is 0 Å². The smallest absolute Gasteiger partial charge is 0.461 e. The molecule has 0 aliphatic rings. The van der Waals surface area contributed by atoms with Gasteiger partial charge in [0.1, 0.15) is 31.3 Å². The first kappa shape index (κ1) is 59.1. The Kier molecular flexibility index (Phi) is 24.5. The topological polar surface area (TPSA) is 173 Å². The Morgan fingerprint density at radius 2 is 0.807 bits per heavy atom. The predicted octanol–water partition coefficient (Wildman–Crippen LogP) is 6.72. The van der Waals surface area contributed by atoms with E-state index in [2.05, 4.69) is 18.9 Å². The number of hydrogen-bond donors (Lipinski definition) is 0. The van der Waals surface area contributed by atoms with Crippen LogP contribution in [-0.2, 0) is 57.3 Å². The van der Waals surface area contributed by atoms with Crippen molar-refractivity contribution in [1.82, 2.24) is 0 Å². The lowest BCUT2D eigenvalue weighted by atomic mass is 10.1. The van der Waals surface area contributed by atoms with Crippen molar-refractivity contribution in [3.8, 4) is 0 Å². The molecule has 0 bridgehead atoms. The van der Waals surface area contributed by atoms with Crippen molar-refractivity contribution in [1.29, 1.82) is 0 Å². The molecular formula is C29H34F16O12. The fourth-order valence-corrected chi connectivity index (χ4v) is 2.27. The van der Waals surface area contributed by atoms with E-state index < -0.39 is 121 Å². The van der Waals surface area contributed by atoms with Gasteiger partial charge in [0.15, 0.2) is 0 Å². The predicted molar refractivity (Wildman–Crippen MR) is 153 cm³/mol. The molecule has 1 unspecified atom stereocenters. The number of carbonyl (C=O) groups is 8. The van der Waals surface area contributed by atoms with E-state index in [0.29, 0.717) is 6.42 Å². The highest BCUT2D eigenvalue weighted by atomic mass is 19.4. The zero-order valence-electron chi connectivity index (χ0n) is 30.3. The Hall–Kier alpha value is -4.56. The first-order valence-corrected chi connectivity index (χ1v) is 14.8. The third-order valence-corrected chi connectivity index (χ3v) is 5.12. The molecule has 0 aliphatic heterocycles. The SMILES string of the molecule is CC(C)(C)OC(=O)CC(=O)C(F)(F)F.CCC(C)OC(=O)CC(=O)C(F)(F)F.CCOC(=O)CC(=O)C(F)(F)C(F)(F)F.COC(=O)CC(=O)C(F)(F)C(F)(F)F. The summed E-state index contributed by atoms with van der Waals surface area (Å²) < 4.78 is 205. The first-order chi connectivity index (χ1) is 25.0. The van der Waals surface area contributed by atoms with Crippen molar-refractivity contribution in [3.05, 3.63) is 0 Å². The van der Waals surface area contributed by atoms with Crippen LogP contribution >= 0.6 is 0 Å². The average Bonchev–Trinajstić information content (AvgIpc) is 2.98. The van der Waals surface area contributed by atoms with Crippen molar-refractivity contribution in [3.63, 3.8) is 0 Å². The normalized spacial score (nSPS) is 12.7. The molecular weight excluding hydrogens is 844 g/mol. The second kappa shape index (κ2) is 23.6. The van der Waals surface area contributed by atoms with Crippen LogP contribution in [0.1, 0.15) is 73.6 Å². The summed E-state index contributed by atoms with van der Waals surface area (Å²) in [4.78, 5) is 83.6. The summed E-state index contributed by atoms with van der Waals surface area (Å²) in [5.74, 6) is -25.4. The average molecular weight is 879 g/mol. The van der Waals surface area contributed by atoms with Crippen molar-refractivity contribution >= 4 is 47.0 Å². The molecule has 0 saturated heterocycles. The summed E-state index contributed by atoms with van der Waals surface area (Å²) in [7, 11) is 0.765. The minimum Gasteiger partial charge on any atom is -0.469 e. The maximum absolute atomic E-state index is 12.2. The van der Waals surface area contributed by atoms with Crippen molar-refractivity contribution in [2.45, 2.75) is 122 Å². The van der Waals surface area contributed by atoms with E-state index >= 15 is 0 Å². The lowest BCUT2D eigenvalue weighted by Crippen LogP contribution is -2.44. The molecule has 0 amide bonds. The van der Waals surface area contributed by atoms with Gasteiger partial charge in [-0.25, -0.2) is 0 Å². The number of esters is 4. The molecule has 0 spiro atoms. The van der Waals surface area contributed by atoms with Gasteiger partial charge in [-0.15, -0.1) is 0 Å². The number of Topliss-reactive ketones (excluding diaryl/α,β-unsaturated/α-hetero) is 4. The number of alkyl halides is 16. The molecule has 12 nitrogen and oxygen atoms in total. The van der Waals surface area contributed by atoms with Gasteiger partial charge in [0.2, 0.25) is 23.1 Å². The van der Waals surface area contributed by atoms with Crippen LogP contribution in [0.15, 0.2) is 0 Å². The Labute approximate surface area is 310 Å². The number of hydrogen-bond acceptors (Lipinski definition) is 12. The van der Waals surface area contributed by atoms with E-state index in [9.17, 15) is 109 Å². The fourth-order valence-electron chi connectivity index (χ4n) is 2.27. The summed E-state index contributed by atoms with van der Waals surface area (Å²) in [6.45, 7) is 8.88. The Bertz CT molecular complexity index is 1370. The summed E-state index contributed by atoms with van der Waals surface area (Å²) >= 11 is 0. The fraction of sp³-hybridized carbons (Fsp3) is 0.724. The zero-order chi connectivity index (χ0) is 46.8. The second-order valence-corrected chi connectivity index (χ2v) is 11.2. The van der Waals surface area contributed by atoms with Crippen molar-refractivity contribution in [2.75, 3.05) is 13.7 Å². The van der Waals surface area contributed by atoms with E-state index in [1.807, 2.05) is 0 Å². The first-order valence-electron chi connectivity index (χ1n) is 14.8. The van der Waals surface area contributed by atoms with Gasteiger partial charge in [-0.1, -0.05) is 6.92 Å². The molecule has 0 saturated carbocycles. The molecule has 334 valence electrons. The highest BCUT2D eigenvalue weighted by molar-refractivity contribution is 6.01. The van der Waals surface area contributed by atoms with Crippen LogP contribution in [0.2, 0.25) is 0 Å². The molecule has 0 aromatic carbocycles. The van der Waals surface area contributed by atoms with Gasteiger partial charge in [-0.2, -0.15) is 70.2 Å². The third-order valence-electron chi connectivity index (χ3n) is 5.12. The van der Waals surface area contributed by atoms with Crippen LogP contribution < -0.4 is 0 Å². The number of halogens is 16. The van der Waals surface area contributed by atoms with Crippen LogP contribution in [0.4, 0.5) is 70.2 Å². The van der Waals surface area contributed by atoms with Gasteiger partial charge in [0, 0.05) is 0 Å². The standard InChI is InChI=1S/2C8H11F3O3.C7H7F5O3.C6H5F5O3/c1-7(2,3)14-6(13)4-5(12)8(9,10)11;1-3-5(2)14-7(13)4-6(12)8(9,10)11;1-2-15-5(14)3-4(13)6(8,9)7(10,11)12;1-14-4(13)2-3(12)5(7,8)6(9,10)11/h4H2,1-3H3;5H,3-4H2,1-2H3;2-3H2,1H3;2H2,1H3.